The second kappa shape index (κ2) is 11.5. The first-order chi connectivity index (χ1) is 19.4. The minimum Gasteiger partial charge on any atom is -0.493 e. The van der Waals surface area contributed by atoms with Crippen LogP contribution in [0.15, 0.2) is 48.5 Å². The number of amides is 1. The SMILES string of the molecule is COc1cc(C(=O)NCC(O)(c2cc3c(c(-c4ccc(F)cc4)n2)NC[C@]3(C)CO)C(F)(F)F)ccc1OCCO. The molecule has 13 heteroatoms. The first-order valence-electron chi connectivity index (χ1n) is 12.5. The molecule has 1 aliphatic heterocycles. The summed E-state index contributed by atoms with van der Waals surface area (Å²) in [5, 5.41) is 35.3. The molecule has 5 N–H and O–H groups in total. The van der Waals surface area contributed by atoms with Gasteiger partial charge < -0.3 is 35.4 Å². The van der Waals surface area contributed by atoms with Gasteiger partial charge in [0.2, 0.25) is 5.60 Å². The van der Waals surface area contributed by atoms with Crippen molar-refractivity contribution in [2.45, 2.75) is 24.1 Å². The summed E-state index contributed by atoms with van der Waals surface area (Å²) in [7, 11) is 1.30. The van der Waals surface area contributed by atoms with E-state index < -0.39 is 47.8 Å². The molecule has 0 saturated heterocycles. The number of hydrogen-bond donors (Lipinski definition) is 5. The maximum atomic E-state index is 14.5. The minimum atomic E-state index is -5.29. The molecule has 1 amide bonds. The zero-order chi connectivity index (χ0) is 30.0. The lowest BCUT2D eigenvalue weighted by molar-refractivity contribution is -0.265. The summed E-state index contributed by atoms with van der Waals surface area (Å²) in [6.45, 7) is -0.203. The number of aliphatic hydroxyl groups excluding tert-OH is 2. The molecule has 2 aromatic carbocycles. The van der Waals surface area contributed by atoms with Crippen LogP contribution in [0, 0.1) is 5.82 Å². The summed E-state index contributed by atoms with van der Waals surface area (Å²) in [6.07, 6.45) is -5.29. The number of pyridine rings is 1. The van der Waals surface area contributed by atoms with Gasteiger partial charge in [-0.2, -0.15) is 13.2 Å². The third-order valence-electron chi connectivity index (χ3n) is 6.96. The number of methoxy groups -OCH3 is 1. The molecule has 0 fully saturated rings. The number of alkyl halides is 3. The van der Waals surface area contributed by atoms with Crippen molar-refractivity contribution < 1.29 is 47.1 Å². The van der Waals surface area contributed by atoms with Crippen LogP contribution in [0.5, 0.6) is 11.5 Å². The Bertz CT molecular complexity index is 1420. The maximum absolute atomic E-state index is 14.5. The van der Waals surface area contributed by atoms with Gasteiger partial charge in [-0.05, 0) is 54.1 Å². The van der Waals surface area contributed by atoms with Gasteiger partial charge in [0.1, 0.15) is 12.4 Å². The largest absolute Gasteiger partial charge is 0.493 e. The first kappa shape index (κ1) is 30.0. The quantitative estimate of drug-likeness (QED) is 0.232. The summed E-state index contributed by atoms with van der Waals surface area (Å²) >= 11 is 0. The molecule has 0 spiro atoms. The van der Waals surface area contributed by atoms with Crippen molar-refractivity contribution in [3.63, 3.8) is 0 Å². The van der Waals surface area contributed by atoms with Gasteiger partial charge in [0.25, 0.3) is 5.91 Å². The van der Waals surface area contributed by atoms with Crippen LogP contribution in [0.2, 0.25) is 0 Å². The summed E-state index contributed by atoms with van der Waals surface area (Å²) < 4.78 is 67.7. The number of carbonyl (C=O) groups excluding carboxylic acids is 1. The van der Waals surface area contributed by atoms with E-state index in [-0.39, 0.29) is 53.6 Å². The van der Waals surface area contributed by atoms with E-state index in [0.717, 1.165) is 18.2 Å². The Hall–Kier alpha value is -3.94. The van der Waals surface area contributed by atoms with Crippen LogP contribution >= 0.6 is 0 Å². The average Bonchev–Trinajstić information content (AvgIpc) is 3.30. The molecule has 41 heavy (non-hydrogen) atoms. The van der Waals surface area contributed by atoms with E-state index in [1.54, 1.807) is 6.92 Å². The normalized spacial score (nSPS) is 17.8. The first-order valence-corrected chi connectivity index (χ1v) is 12.5. The highest BCUT2D eigenvalue weighted by atomic mass is 19.4. The van der Waals surface area contributed by atoms with Crippen molar-refractivity contribution in [2.24, 2.45) is 0 Å². The standard InChI is InChI=1S/C28H29F4N3O6/c1-26(15-37)13-33-24-19(26)12-22(35-23(24)16-3-6-18(29)7-4-16)27(39,28(30,31)32)14-34-25(38)17-5-8-20(41-10-9-36)21(11-17)40-2/h3-8,11-12,33,36-37,39H,9-10,13-15H2,1-2H3,(H,34,38)/t26-,27?/m1/s1. The van der Waals surface area contributed by atoms with Crippen LogP contribution in [-0.4, -0.2) is 72.4 Å². The van der Waals surface area contributed by atoms with Gasteiger partial charge in [-0.3, -0.25) is 4.79 Å². The number of rotatable bonds is 10. The predicted molar refractivity (Wildman–Crippen MR) is 140 cm³/mol. The number of carbonyl (C=O) groups is 1. The molecular formula is C28H29F4N3O6. The van der Waals surface area contributed by atoms with Crippen LogP contribution < -0.4 is 20.1 Å². The molecule has 0 bridgehead atoms. The summed E-state index contributed by atoms with van der Waals surface area (Å²) in [5.41, 5.74) is -4.60. The average molecular weight is 580 g/mol. The molecule has 1 aromatic heterocycles. The van der Waals surface area contributed by atoms with Crippen molar-refractivity contribution in [3.8, 4) is 22.8 Å². The van der Waals surface area contributed by atoms with Crippen molar-refractivity contribution in [1.82, 2.24) is 10.3 Å². The van der Waals surface area contributed by atoms with Crippen LogP contribution in [0.4, 0.5) is 23.2 Å². The minimum absolute atomic E-state index is 0.0203. The Morgan fingerprint density at radius 1 is 1.12 bits per heavy atom. The maximum Gasteiger partial charge on any atom is 0.424 e. The van der Waals surface area contributed by atoms with Crippen molar-refractivity contribution >= 4 is 11.6 Å². The van der Waals surface area contributed by atoms with Gasteiger partial charge in [0.05, 0.1) is 43.9 Å². The fourth-order valence-corrected chi connectivity index (χ4v) is 4.48. The fourth-order valence-electron chi connectivity index (χ4n) is 4.48. The number of anilines is 1. The zero-order valence-electron chi connectivity index (χ0n) is 22.2. The molecule has 1 aliphatic rings. The van der Waals surface area contributed by atoms with Gasteiger partial charge >= 0.3 is 6.18 Å². The lowest BCUT2D eigenvalue weighted by Crippen LogP contribution is -2.51. The highest BCUT2D eigenvalue weighted by Gasteiger charge is 2.57. The van der Waals surface area contributed by atoms with Gasteiger partial charge in [-0.25, -0.2) is 9.37 Å². The van der Waals surface area contributed by atoms with E-state index in [0.29, 0.717) is 5.69 Å². The Morgan fingerprint density at radius 3 is 2.44 bits per heavy atom. The van der Waals surface area contributed by atoms with Gasteiger partial charge in [0, 0.05) is 23.1 Å². The summed E-state index contributed by atoms with van der Waals surface area (Å²) in [5.74, 6) is -1.19. The molecule has 0 aliphatic carbocycles. The van der Waals surface area contributed by atoms with Crippen molar-refractivity contribution in [3.05, 3.63) is 71.2 Å². The van der Waals surface area contributed by atoms with E-state index in [4.69, 9.17) is 14.6 Å². The molecule has 2 atom stereocenters. The van der Waals surface area contributed by atoms with E-state index in [9.17, 15) is 32.6 Å². The number of halogens is 4. The lowest BCUT2D eigenvalue weighted by atomic mass is 9.83. The third kappa shape index (κ3) is 5.78. The number of nitrogens with one attached hydrogen (secondary N) is 2. The second-order valence-corrected chi connectivity index (χ2v) is 9.84. The highest BCUT2D eigenvalue weighted by molar-refractivity contribution is 5.95. The molecule has 3 aromatic rings. The Balaban J connectivity index is 1.73. The van der Waals surface area contributed by atoms with Crippen molar-refractivity contribution in [2.75, 3.05) is 45.3 Å². The number of aliphatic hydroxyl groups is 3. The van der Waals surface area contributed by atoms with Crippen LogP contribution in [-0.2, 0) is 11.0 Å². The summed E-state index contributed by atoms with van der Waals surface area (Å²) in [4.78, 5) is 17.0. The predicted octanol–water partition coefficient (Wildman–Crippen LogP) is 3.12. The lowest BCUT2D eigenvalue weighted by Gasteiger charge is -2.32. The number of benzene rings is 2. The van der Waals surface area contributed by atoms with Crippen molar-refractivity contribution in [1.29, 1.82) is 0 Å². The van der Waals surface area contributed by atoms with Gasteiger partial charge in [0.15, 0.2) is 11.5 Å². The van der Waals surface area contributed by atoms with Crippen LogP contribution in [0.25, 0.3) is 11.3 Å². The van der Waals surface area contributed by atoms with Crippen LogP contribution in [0.3, 0.4) is 0 Å². The number of aromatic nitrogens is 1. The number of fused-ring (bicyclic) bond motifs is 1. The Morgan fingerprint density at radius 2 is 1.83 bits per heavy atom. The Labute approximate surface area is 232 Å². The summed E-state index contributed by atoms with van der Waals surface area (Å²) in [6, 6.07) is 9.89. The van der Waals surface area contributed by atoms with E-state index in [1.165, 1.54) is 37.4 Å². The van der Waals surface area contributed by atoms with Gasteiger partial charge in [-0.1, -0.05) is 6.92 Å². The third-order valence-corrected chi connectivity index (χ3v) is 6.96. The molecule has 9 nitrogen and oxygen atoms in total. The monoisotopic (exact) mass is 579 g/mol. The molecule has 220 valence electrons. The smallest absolute Gasteiger partial charge is 0.424 e. The molecule has 1 unspecified atom stereocenters. The van der Waals surface area contributed by atoms with E-state index in [1.807, 2.05) is 0 Å². The zero-order valence-corrected chi connectivity index (χ0v) is 22.2. The number of nitrogens with zero attached hydrogens (tertiary/aromatic N) is 1. The molecule has 0 radical (unpaired) electrons. The number of ether oxygens (including phenoxy) is 2. The molecule has 2 heterocycles. The fraction of sp³-hybridized carbons (Fsp3) is 0.357. The topological polar surface area (TPSA) is 133 Å². The van der Waals surface area contributed by atoms with Gasteiger partial charge in [-0.15, -0.1) is 0 Å². The molecule has 0 saturated carbocycles. The second-order valence-electron chi connectivity index (χ2n) is 9.84. The number of hydrogen-bond acceptors (Lipinski definition) is 8. The van der Waals surface area contributed by atoms with E-state index in [2.05, 4.69) is 15.6 Å². The van der Waals surface area contributed by atoms with Crippen LogP contribution in [0.1, 0.15) is 28.5 Å². The Kier molecular flexibility index (Phi) is 8.43. The highest BCUT2D eigenvalue weighted by Crippen LogP contribution is 2.46. The molecular weight excluding hydrogens is 550 g/mol. The van der Waals surface area contributed by atoms with E-state index >= 15 is 0 Å². The molecule has 4 rings (SSSR count).